The number of hydrogen-bond donors (Lipinski definition) is 0. The van der Waals surface area contributed by atoms with E-state index in [4.69, 9.17) is 5.26 Å². The summed E-state index contributed by atoms with van der Waals surface area (Å²) in [5.41, 5.74) is 0. The maximum Gasteiger partial charge on any atom is 0.225 e. The van der Waals surface area contributed by atoms with E-state index in [0.29, 0.717) is 12.5 Å². The molecule has 0 heterocycles. The van der Waals surface area contributed by atoms with Crippen LogP contribution in [0.2, 0.25) is 0 Å². The third-order valence-corrected chi connectivity index (χ3v) is 5.30. The molecule has 0 bridgehead atoms. The van der Waals surface area contributed by atoms with Crippen molar-refractivity contribution in [1.29, 1.82) is 5.26 Å². The zero-order valence-corrected chi connectivity index (χ0v) is 13.0. The van der Waals surface area contributed by atoms with Crippen LogP contribution in [0.3, 0.4) is 0 Å². The van der Waals surface area contributed by atoms with Gasteiger partial charge < -0.3 is 4.90 Å². The Morgan fingerprint density at radius 3 is 2.60 bits per heavy atom. The van der Waals surface area contributed by atoms with E-state index in [1.54, 1.807) is 0 Å². The van der Waals surface area contributed by atoms with Crippen LogP contribution in [0.15, 0.2) is 0 Å². The van der Waals surface area contributed by atoms with Gasteiger partial charge in [0.1, 0.15) is 0 Å². The van der Waals surface area contributed by atoms with Gasteiger partial charge in [-0.25, -0.2) is 0 Å². The molecule has 3 heteroatoms. The summed E-state index contributed by atoms with van der Waals surface area (Å²) >= 11 is 0. The van der Waals surface area contributed by atoms with Gasteiger partial charge in [0.15, 0.2) is 0 Å². The Labute approximate surface area is 123 Å². The van der Waals surface area contributed by atoms with Crippen LogP contribution < -0.4 is 0 Å². The molecule has 2 saturated carbocycles. The lowest BCUT2D eigenvalue weighted by Gasteiger charge is -2.40. The van der Waals surface area contributed by atoms with Crippen molar-refractivity contribution in [3.05, 3.63) is 0 Å². The van der Waals surface area contributed by atoms with Gasteiger partial charge in [-0.3, -0.25) is 4.79 Å². The summed E-state index contributed by atoms with van der Waals surface area (Å²) in [6, 6.07) is 2.24. The van der Waals surface area contributed by atoms with Crippen molar-refractivity contribution < 1.29 is 4.79 Å². The fraction of sp³-hybridized carbons (Fsp3) is 0.882. The van der Waals surface area contributed by atoms with Gasteiger partial charge in [0.2, 0.25) is 5.91 Å². The highest BCUT2D eigenvalue weighted by molar-refractivity contribution is 5.79. The molecule has 0 aromatic heterocycles. The predicted molar refractivity (Wildman–Crippen MR) is 79.8 cm³/mol. The summed E-state index contributed by atoms with van der Waals surface area (Å²) in [5.74, 6) is 2.14. The van der Waals surface area contributed by atoms with Gasteiger partial charge >= 0.3 is 0 Å². The Balaban J connectivity index is 1.92. The van der Waals surface area contributed by atoms with Gasteiger partial charge in [-0.2, -0.15) is 5.26 Å². The number of rotatable bonds is 4. The van der Waals surface area contributed by atoms with E-state index in [-0.39, 0.29) is 11.8 Å². The Kier molecular flexibility index (Phi) is 5.46. The van der Waals surface area contributed by atoms with Crippen molar-refractivity contribution in [2.24, 2.45) is 23.7 Å². The Bertz CT molecular complexity index is 374. The van der Waals surface area contributed by atoms with E-state index in [1.807, 2.05) is 18.7 Å². The highest BCUT2D eigenvalue weighted by atomic mass is 16.2. The minimum Gasteiger partial charge on any atom is -0.341 e. The van der Waals surface area contributed by atoms with Gasteiger partial charge in [0, 0.05) is 19.0 Å². The van der Waals surface area contributed by atoms with E-state index < -0.39 is 0 Å². The number of nitriles is 1. The fourth-order valence-electron chi connectivity index (χ4n) is 4.10. The molecule has 2 aliphatic carbocycles. The Hall–Kier alpha value is -1.04. The first kappa shape index (κ1) is 15.4. The molecule has 4 atom stereocenters. The van der Waals surface area contributed by atoms with Crippen molar-refractivity contribution in [2.45, 2.75) is 58.8 Å². The second-order valence-corrected chi connectivity index (χ2v) is 6.72. The fourth-order valence-corrected chi connectivity index (χ4v) is 4.10. The van der Waals surface area contributed by atoms with Crippen LogP contribution >= 0.6 is 0 Å². The van der Waals surface area contributed by atoms with Crippen LogP contribution in [-0.2, 0) is 4.79 Å². The minimum atomic E-state index is -0.0649. The lowest BCUT2D eigenvalue weighted by Crippen LogP contribution is -2.41. The number of amides is 1. The van der Waals surface area contributed by atoms with Crippen LogP contribution in [0.1, 0.15) is 58.8 Å². The van der Waals surface area contributed by atoms with E-state index in [0.717, 1.165) is 31.2 Å². The molecule has 112 valence electrons. The lowest BCUT2D eigenvalue weighted by atomic mass is 9.67. The smallest absolute Gasteiger partial charge is 0.225 e. The molecule has 0 spiro atoms. The molecule has 2 aliphatic rings. The molecular formula is C17H28N2O. The van der Waals surface area contributed by atoms with Crippen molar-refractivity contribution in [2.75, 3.05) is 13.1 Å². The molecule has 0 aromatic carbocycles. The molecule has 0 aliphatic heterocycles. The Morgan fingerprint density at radius 1 is 1.25 bits per heavy atom. The molecule has 3 nitrogen and oxygen atoms in total. The van der Waals surface area contributed by atoms with E-state index in [9.17, 15) is 4.79 Å². The first-order valence-electron chi connectivity index (χ1n) is 8.34. The third-order valence-electron chi connectivity index (χ3n) is 5.30. The van der Waals surface area contributed by atoms with Crippen LogP contribution in [0, 0.1) is 35.0 Å². The summed E-state index contributed by atoms with van der Waals surface area (Å²) in [4.78, 5) is 14.6. The maximum atomic E-state index is 12.7. The van der Waals surface area contributed by atoms with Crippen molar-refractivity contribution >= 4 is 5.91 Å². The van der Waals surface area contributed by atoms with E-state index >= 15 is 0 Å². The van der Waals surface area contributed by atoms with Gasteiger partial charge in [0.25, 0.3) is 0 Å². The second kappa shape index (κ2) is 7.11. The molecular weight excluding hydrogens is 248 g/mol. The average molecular weight is 276 g/mol. The highest BCUT2D eigenvalue weighted by Gasteiger charge is 2.36. The first-order valence-corrected chi connectivity index (χ1v) is 8.34. The summed E-state index contributed by atoms with van der Waals surface area (Å²) in [5, 5.41) is 8.94. The summed E-state index contributed by atoms with van der Waals surface area (Å²) in [6.45, 7) is 5.24. The highest BCUT2D eigenvalue weighted by Crippen LogP contribution is 2.43. The SMILES string of the molecule is CCN(CC(C)C#N)C(=O)C1CCC2CCCCC2C1. The minimum absolute atomic E-state index is 0.0649. The second-order valence-electron chi connectivity index (χ2n) is 6.72. The quantitative estimate of drug-likeness (QED) is 0.787. The predicted octanol–water partition coefficient (Wildman–Crippen LogP) is 3.60. The number of fused-ring (bicyclic) bond motifs is 1. The molecule has 2 fully saturated rings. The lowest BCUT2D eigenvalue weighted by molar-refractivity contribution is -0.138. The molecule has 4 unspecified atom stereocenters. The molecule has 2 rings (SSSR count). The van der Waals surface area contributed by atoms with Gasteiger partial charge in [-0.15, -0.1) is 0 Å². The average Bonchev–Trinajstić information content (AvgIpc) is 2.51. The van der Waals surface area contributed by atoms with Gasteiger partial charge in [-0.1, -0.05) is 25.7 Å². The van der Waals surface area contributed by atoms with Crippen LogP contribution in [0.25, 0.3) is 0 Å². The summed E-state index contributed by atoms with van der Waals surface area (Å²) < 4.78 is 0. The number of carbonyl (C=O) groups is 1. The molecule has 0 N–H and O–H groups in total. The zero-order chi connectivity index (χ0) is 14.5. The number of nitrogens with zero attached hydrogens (tertiary/aromatic N) is 2. The van der Waals surface area contributed by atoms with Crippen molar-refractivity contribution in [3.63, 3.8) is 0 Å². The largest absolute Gasteiger partial charge is 0.341 e. The van der Waals surface area contributed by atoms with Crippen LogP contribution in [0.4, 0.5) is 0 Å². The Morgan fingerprint density at radius 2 is 1.95 bits per heavy atom. The maximum absolute atomic E-state index is 12.7. The number of hydrogen-bond acceptors (Lipinski definition) is 2. The molecule has 0 saturated heterocycles. The van der Waals surface area contributed by atoms with Crippen molar-refractivity contribution in [3.8, 4) is 6.07 Å². The zero-order valence-electron chi connectivity index (χ0n) is 13.0. The summed E-state index contributed by atoms with van der Waals surface area (Å²) in [7, 11) is 0. The number of carbonyl (C=O) groups excluding carboxylic acids is 1. The van der Waals surface area contributed by atoms with Gasteiger partial charge in [-0.05, 0) is 44.9 Å². The van der Waals surface area contributed by atoms with E-state index in [1.165, 1.54) is 32.1 Å². The van der Waals surface area contributed by atoms with Crippen LogP contribution in [-0.4, -0.2) is 23.9 Å². The van der Waals surface area contributed by atoms with Crippen LogP contribution in [0.5, 0.6) is 0 Å². The normalized spacial score (nSPS) is 30.9. The standard InChI is InChI=1S/C17H28N2O/c1-3-19(12-13(2)11-18)17(20)16-9-8-14-6-4-5-7-15(14)10-16/h13-16H,3-10,12H2,1-2H3. The molecule has 0 aromatic rings. The summed E-state index contributed by atoms with van der Waals surface area (Å²) in [6.07, 6.45) is 8.86. The third kappa shape index (κ3) is 3.53. The monoisotopic (exact) mass is 276 g/mol. The molecule has 20 heavy (non-hydrogen) atoms. The topological polar surface area (TPSA) is 44.1 Å². The van der Waals surface area contributed by atoms with Gasteiger partial charge in [0.05, 0.1) is 12.0 Å². The first-order chi connectivity index (χ1) is 9.65. The van der Waals surface area contributed by atoms with E-state index in [2.05, 4.69) is 6.07 Å². The molecule has 0 radical (unpaired) electrons. The van der Waals surface area contributed by atoms with Crippen molar-refractivity contribution in [1.82, 2.24) is 4.90 Å². The molecule has 1 amide bonds.